The normalized spacial score (nSPS) is 12.9. The van der Waals surface area contributed by atoms with Gasteiger partial charge in [-0.15, -0.1) is 0 Å². The molecule has 1 heterocycles. The highest BCUT2D eigenvalue weighted by Crippen LogP contribution is 2.51. The summed E-state index contributed by atoms with van der Waals surface area (Å²) in [6.45, 7) is 4.70. The third kappa shape index (κ3) is 5.23. The van der Waals surface area contributed by atoms with Crippen LogP contribution in [0.15, 0.2) is 200 Å². The van der Waals surface area contributed by atoms with Gasteiger partial charge in [0.05, 0.1) is 11.0 Å². The predicted octanol–water partition coefficient (Wildman–Crippen LogP) is 14.4. The van der Waals surface area contributed by atoms with E-state index in [1.807, 2.05) is 0 Å². The highest BCUT2D eigenvalue weighted by molar-refractivity contribution is 6.24. The molecule has 11 rings (SSSR count). The summed E-state index contributed by atoms with van der Waals surface area (Å²) in [6.07, 6.45) is 0. The summed E-state index contributed by atoms with van der Waals surface area (Å²) in [7, 11) is 0. The molecule has 1 aliphatic rings. The zero-order valence-corrected chi connectivity index (χ0v) is 31.9. The smallest absolute Gasteiger partial charge is 0.145 e. The van der Waals surface area contributed by atoms with Crippen molar-refractivity contribution >= 4 is 49.6 Å². The second-order valence-corrected chi connectivity index (χ2v) is 15.6. The third-order valence-corrected chi connectivity index (χ3v) is 12.0. The highest BCUT2D eigenvalue weighted by atomic mass is 15.1. The van der Waals surface area contributed by atoms with Gasteiger partial charge in [-0.1, -0.05) is 153 Å². The van der Waals surface area contributed by atoms with Gasteiger partial charge < -0.3 is 4.90 Å². The fourth-order valence-corrected chi connectivity index (χ4v) is 9.20. The zero-order chi connectivity index (χ0) is 38.1. The topological polar surface area (TPSA) is 21.1 Å². The first-order valence-electron chi connectivity index (χ1n) is 19.7. The maximum Gasteiger partial charge on any atom is 0.145 e. The number of fused-ring (bicyclic) bond motifs is 9. The molecule has 3 heteroatoms. The number of hydrogen-bond donors (Lipinski definition) is 0. The maximum atomic E-state index is 5.49. The van der Waals surface area contributed by atoms with Crippen LogP contribution in [-0.4, -0.2) is 9.55 Å². The van der Waals surface area contributed by atoms with Crippen LogP contribution in [0.2, 0.25) is 0 Å². The number of rotatable bonds is 6. The second kappa shape index (κ2) is 12.9. The summed E-state index contributed by atoms with van der Waals surface area (Å²) in [5.41, 5.74) is 15.2. The van der Waals surface area contributed by atoms with Crippen LogP contribution in [0.4, 0.5) is 17.1 Å². The fourth-order valence-electron chi connectivity index (χ4n) is 9.20. The molecule has 0 saturated carbocycles. The Labute approximate surface area is 332 Å². The van der Waals surface area contributed by atoms with Crippen LogP contribution in [0.1, 0.15) is 25.0 Å². The van der Waals surface area contributed by atoms with E-state index >= 15 is 0 Å². The first-order chi connectivity index (χ1) is 28.0. The molecule has 0 atom stereocenters. The van der Waals surface area contributed by atoms with Crippen LogP contribution in [-0.2, 0) is 5.41 Å². The largest absolute Gasteiger partial charge is 0.310 e. The molecule has 0 amide bonds. The average Bonchev–Trinajstić information content (AvgIpc) is 3.79. The summed E-state index contributed by atoms with van der Waals surface area (Å²) in [6, 6.07) is 72.4. The van der Waals surface area contributed by atoms with Crippen molar-refractivity contribution in [3.8, 4) is 39.3 Å². The van der Waals surface area contributed by atoms with Gasteiger partial charge in [-0.3, -0.25) is 4.57 Å². The summed E-state index contributed by atoms with van der Waals surface area (Å²) in [5, 5.41) is 4.80. The van der Waals surface area contributed by atoms with Crippen molar-refractivity contribution in [3.63, 3.8) is 0 Å². The van der Waals surface area contributed by atoms with Crippen LogP contribution in [0.3, 0.4) is 0 Å². The molecule has 57 heavy (non-hydrogen) atoms. The van der Waals surface area contributed by atoms with Crippen molar-refractivity contribution in [1.29, 1.82) is 0 Å². The van der Waals surface area contributed by atoms with E-state index in [1.54, 1.807) is 0 Å². The molecule has 0 unspecified atom stereocenters. The van der Waals surface area contributed by atoms with Gasteiger partial charge in [0.25, 0.3) is 0 Å². The fraction of sp³-hybridized carbons (Fsp3) is 0.0556. The van der Waals surface area contributed by atoms with E-state index in [2.05, 4.69) is 224 Å². The molecule has 0 N–H and O–H groups in total. The Hall–Kier alpha value is -7.23. The third-order valence-electron chi connectivity index (χ3n) is 12.0. The molecule has 0 bridgehead atoms. The monoisotopic (exact) mass is 729 g/mol. The van der Waals surface area contributed by atoms with E-state index in [0.29, 0.717) is 0 Å². The van der Waals surface area contributed by atoms with Crippen LogP contribution < -0.4 is 4.90 Å². The molecule has 0 radical (unpaired) electrons. The summed E-state index contributed by atoms with van der Waals surface area (Å²) in [5.74, 6) is 0.917. The minimum atomic E-state index is -0.112. The van der Waals surface area contributed by atoms with E-state index in [4.69, 9.17) is 4.98 Å². The number of anilines is 3. The molecule has 0 fully saturated rings. The van der Waals surface area contributed by atoms with Gasteiger partial charge in [0.15, 0.2) is 0 Å². The molecule has 1 aromatic heterocycles. The number of nitrogens with zero attached hydrogens (tertiary/aromatic N) is 3. The van der Waals surface area contributed by atoms with Crippen molar-refractivity contribution in [2.45, 2.75) is 19.3 Å². The zero-order valence-electron chi connectivity index (χ0n) is 31.9. The van der Waals surface area contributed by atoms with Crippen molar-refractivity contribution in [2.24, 2.45) is 0 Å². The first-order valence-corrected chi connectivity index (χ1v) is 19.7. The Balaban J connectivity index is 1.09. The van der Waals surface area contributed by atoms with E-state index in [9.17, 15) is 0 Å². The Morgan fingerprint density at radius 2 is 0.930 bits per heavy atom. The number of benzene rings is 9. The summed E-state index contributed by atoms with van der Waals surface area (Å²) in [4.78, 5) is 7.88. The molecule has 0 spiro atoms. The Kier molecular flexibility index (Phi) is 7.52. The molecular formula is C54H39N3. The molecule has 9 aromatic carbocycles. The lowest BCUT2D eigenvalue weighted by Crippen LogP contribution is -2.16. The molecule has 0 aliphatic heterocycles. The Bertz CT molecular complexity index is 3120. The van der Waals surface area contributed by atoms with Gasteiger partial charge in [-0.2, -0.15) is 0 Å². The Morgan fingerprint density at radius 1 is 0.421 bits per heavy atom. The SMILES string of the molecule is CC1(C)c2ccccc2-c2ccc(N(c3ccc(-c4ccccc4)cc3)c3ccc(-c4nc5c6ccccc6c6ccccc6c5n4-c4ccccc4)cc3)cc21. The van der Waals surface area contributed by atoms with Crippen LogP contribution >= 0.6 is 0 Å². The van der Waals surface area contributed by atoms with Crippen LogP contribution in [0, 0.1) is 0 Å². The molecule has 3 nitrogen and oxygen atoms in total. The van der Waals surface area contributed by atoms with Crippen molar-refractivity contribution in [2.75, 3.05) is 4.90 Å². The quantitative estimate of drug-likeness (QED) is 0.159. The summed E-state index contributed by atoms with van der Waals surface area (Å²) >= 11 is 0. The van der Waals surface area contributed by atoms with Crippen molar-refractivity contribution < 1.29 is 0 Å². The number of aromatic nitrogens is 2. The number of hydrogen-bond acceptors (Lipinski definition) is 2. The van der Waals surface area contributed by atoms with E-state index < -0.39 is 0 Å². The molecule has 1 aliphatic carbocycles. The predicted molar refractivity (Wildman–Crippen MR) is 239 cm³/mol. The second-order valence-electron chi connectivity index (χ2n) is 15.6. The molecule has 270 valence electrons. The highest BCUT2D eigenvalue weighted by Gasteiger charge is 2.35. The van der Waals surface area contributed by atoms with Gasteiger partial charge in [0, 0.05) is 44.5 Å². The van der Waals surface area contributed by atoms with Gasteiger partial charge in [0.2, 0.25) is 0 Å². The number of imidazole rings is 1. The van der Waals surface area contributed by atoms with Gasteiger partial charge >= 0.3 is 0 Å². The lowest BCUT2D eigenvalue weighted by atomic mass is 9.82. The number of para-hydroxylation sites is 1. The lowest BCUT2D eigenvalue weighted by Gasteiger charge is -2.28. The first kappa shape index (κ1) is 33.1. The van der Waals surface area contributed by atoms with E-state index in [0.717, 1.165) is 50.6 Å². The van der Waals surface area contributed by atoms with E-state index in [-0.39, 0.29) is 5.41 Å². The van der Waals surface area contributed by atoms with E-state index in [1.165, 1.54) is 49.5 Å². The maximum absolute atomic E-state index is 5.49. The van der Waals surface area contributed by atoms with Gasteiger partial charge in [-0.25, -0.2) is 4.98 Å². The van der Waals surface area contributed by atoms with Crippen LogP contribution in [0.25, 0.3) is 71.9 Å². The molecular weight excluding hydrogens is 691 g/mol. The average molecular weight is 730 g/mol. The summed E-state index contributed by atoms with van der Waals surface area (Å²) < 4.78 is 2.35. The minimum Gasteiger partial charge on any atom is -0.310 e. The minimum absolute atomic E-state index is 0.112. The van der Waals surface area contributed by atoms with Crippen molar-refractivity contribution in [3.05, 3.63) is 211 Å². The Morgan fingerprint density at radius 3 is 1.63 bits per heavy atom. The lowest BCUT2D eigenvalue weighted by molar-refractivity contribution is 0.660. The van der Waals surface area contributed by atoms with Crippen molar-refractivity contribution in [1.82, 2.24) is 9.55 Å². The van der Waals surface area contributed by atoms with Gasteiger partial charge in [-0.05, 0) is 105 Å². The van der Waals surface area contributed by atoms with Gasteiger partial charge in [0.1, 0.15) is 5.82 Å². The standard InChI is InChI=1S/C54H39N3/c1-54(2)49-24-14-13-21-45(49)46-34-33-42(35-50(46)54)56(40-29-25-37(26-30-40)36-15-5-3-6-16-36)41-31-27-38(28-32-41)53-55-51-47-22-11-9-19-43(47)44-20-10-12-23-48(44)52(51)57(53)39-17-7-4-8-18-39/h3-35H,1-2H3. The van der Waals surface area contributed by atoms with Crippen LogP contribution in [0.5, 0.6) is 0 Å². The molecule has 0 saturated heterocycles. The molecule has 10 aromatic rings.